The molecule has 3 rings (SSSR count). The van der Waals surface area contributed by atoms with Gasteiger partial charge in [0.25, 0.3) is 0 Å². The van der Waals surface area contributed by atoms with Crippen LogP contribution in [0.25, 0.3) is 0 Å². The molecule has 1 aromatic heterocycles. The van der Waals surface area contributed by atoms with Crippen LogP contribution in [-0.2, 0) is 13.1 Å². The Balaban J connectivity index is 1.50. The molecule has 1 heterocycles. The van der Waals surface area contributed by atoms with Gasteiger partial charge in [0.2, 0.25) is 0 Å². The van der Waals surface area contributed by atoms with Crippen LogP contribution in [-0.4, -0.2) is 17.6 Å². The van der Waals surface area contributed by atoms with Gasteiger partial charge in [-0.2, -0.15) is 0 Å². The van der Waals surface area contributed by atoms with Crippen molar-refractivity contribution in [3.8, 4) is 5.75 Å². The smallest absolute Gasteiger partial charge is 0.315 e. The van der Waals surface area contributed by atoms with Crippen molar-refractivity contribution in [2.45, 2.75) is 32.9 Å². The van der Waals surface area contributed by atoms with Crippen LogP contribution in [0.2, 0.25) is 0 Å². The number of aromatic nitrogens is 1. The van der Waals surface area contributed by atoms with Crippen LogP contribution in [0.15, 0.2) is 42.6 Å². The Hall–Kier alpha value is -2.56. The van der Waals surface area contributed by atoms with Gasteiger partial charge in [0.05, 0.1) is 18.8 Å². The summed E-state index contributed by atoms with van der Waals surface area (Å²) in [5.41, 5.74) is 2.98. The number of nitrogens with zero attached hydrogens (tertiary/aromatic N) is 1. The summed E-state index contributed by atoms with van der Waals surface area (Å²) in [6, 6.07) is 11.5. The zero-order valence-corrected chi connectivity index (χ0v) is 13.9. The first-order valence-electron chi connectivity index (χ1n) is 8.34. The second kappa shape index (κ2) is 7.81. The minimum Gasteiger partial charge on any atom is -0.493 e. The highest BCUT2D eigenvalue weighted by atomic mass is 16.5. The van der Waals surface area contributed by atoms with Crippen molar-refractivity contribution >= 4 is 6.03 Å². The minimum absolute atomic E-state index is 0.214. The van der Waals surface area contributed by atoms with Gasteiger partial charge in [0.15, 0.2) is 0 Å². The molecule has 2 amide bonds. The lowest BCUT2D eigenvalue weighted by Gasteiger charge is -2.13. The van der Waals surface area contributed by atoms with Crippen LogP contribution in [0.3, 0.4) is 0 Å². The maximum absolute atomic E-state index is 12.0. The summed E-state index contributed by atoms with van der Waals surface area (Å²) in [5.74, 6) is 1.57. The van der Waals surface area contributed by atoms with Crippen LogP contribution in [0.4, 0.5) is 4.79 Å². The fourth-order valence-corrected chi connectivity index (χ4v) is 2.35. The Kier molecular flexibility index (Phi) is 5.31. The molecule has 2 aromatic rings. The molecule has 1 saturated carbocycles. The van der Waals surface area contributed by atoms with Crippen molar-refractivity contribution in [3.05, 3.63) is 59.4 Å². The number of rotatable bonds is 7. The van der Waals surface area contributed by atoms with Gasteiger partial charge in [-0.25, -0.2) is 4.79 Å². The molecule has 1 fully saturated rings. The molecule has 1 aliphatic carbocycles. The first-order chi connectivity index (χ1) is 11.7. The van der Waals surface area contributed by atoms with Crippen molar-refractivity contribution in [3.63, 3.8) is 0 Å². The number of urea groups is 1. The Labute approximate surface area is 142 Å². The predicted octanol–water partition coefficient (Wildman–Crippen LogP) is 3.18. The molecule has 2 N–H and O–H groups in total. The number of hydrogen-bond acceptors (Lipinski definition) is 3. The fourth-order valence-electron chi connectivity index (χ4n) is 2.35. The Bertz CT molecular complexity index is 684. The van der Waals surface area contributed by atoms with Gasteiger partial charge in [-0.05, 0) is 49.4 Å². The second-order valence-corrected chi connectivity index (χ2v) is 6.22. The van der Waals surface area contributed by atoms with Gasteiger partial charge in [0, 0.05) is 18.3 Å². The van der Waals surface area contributed by atoms with Gasteiger partial charge in [-0.15, -0.1) is 0 Å². The first kappa shape index (κ1) is 16.3. The average Bonchev–Trinajstić information content (AvgIpc) is 3.42. The van der Waals surface area contributed by atoms with E-state index in [0.717, 1.165) is 29.2 Å². The SMILES string of the molecule is Cc1ccc(CNC(=O)NCc2ccccn2)c(OCC2CC2)c1. The summed E-state index contributed by atoms with van der Waals surface area (Å²) in [4.78, 5) is 16.1. The molecule has 0 bridgehead atoms. The molecule has 1 aromatic carbocycles. The zero-order valence-electron chi connectivity index (χ0n) is 13.9. The molecule has 0 atom stereocenters. The number of amides is 2. The molecule has 5 nitrogen and oxygen atoms in total. The van der Waals surface area contributed by atoms with Crippen molar-refractivity contribution in [1.82, 2.24) is 15.6 Å². The fraction of sp³-hybridized carbons (Fsp3) is 0.368. The van der Waals surface area contributed by atoms with Crippen LogP contribution in [0.1, 0.15) is 29.7 Å². The van der Waals surface area contributed by atoms with Gasteiger partial charge >= 0.3 is 6.03 Å². The van der Waals surface area contributed by atoms with E-state index in [0.29, 0.717) is 19.0 Å². The second-order valence-electron chi connectivity index (χ2n) is 6.22. The molecule has 24 heavy (non-hydrogen) atoms. The van der Waals surface area contributed by atoms with Crippen LogP contribution in [0, 0.1) is 12.8 Å². The Morgan fingerprint density at radius 1 is 1.21 bits per heavy atom. The number of carbonyl (C=O) groups excluding carboxylic acids is 1. The van der Waals surface area contributed by atoms with E-state index in [2.05, 4.69) is 15.6 Å². The number of hydrogen-bond donors (Lipinski definition) is 2. The van der Waals surface area contributed by atoms with E-state index in [1.165, 1.54) is 12.8 Å². The summed E-state index contributed by atoms with van der Waals surface area (Å²) in [6.45, 7) is 3.66. The largest absolute Gasteiger partial charge is 0.493 e. The molecule has 126 valence electrons. The highest BCUT2D eigenvalue weighted by Crippen LogP contribution is 2.30. The van der Waals surface area contributed by atoms with Crippen molar-refractivity contribution in [2.24, 2.45) is 5.92 Å². The van der Waals surface area contributed by atoms with Crippen LogP contribution in [0.5, 0.6) is 5.75 Å². The van der Waals surface area contributed by atoms with Crippen molar-refractivity contribution in [2.75, 3.05) is 6.61 Å². The lowest BCUT2D eigenvalue weighted by atomic mass is 10.1. The van der Waals surface area contributed by atoms with E-state index in [-0.39, 0.29) is 6.03 Å². The van der Waals surface area contributed by atoms with Gasteiger partial charge in [-0.1, -0.05) is 18.2 Å². The van der Waals surface area contributed by atoms with Crippen LogP contribution >= 0.6 is 0 Å². The van der Waals surface area contributed by atoms with Crippen LogP contribution < -0.4 is 15.4 Å². The van der Waals surface area contributed by atoms with Crippen molar-refractivity contribution in [1.29, 1.82) is 0 Å². The summed E-state index contributed by atoms with van der Waals surface area (Å²) in [5, 5.41) is 5.68. The number of ether oxygens (including phenoxy) is 1. The van der Waals surface area contributed by atoms with E-state index in [1.807, 2.05) is 43.3 Å². The van der Waals surface area contributed by atoms with E-state index in [1.54, 1.807) is 6.20 Å². The van der Waals surface area contributed by atoms with E-state index in [4.69, 9.17) is 4.74 Å². The topological polar surface area (TPSA) is 63.2 Å². The predicted molar refractivity (Wildman–Crippen MR) is 92.7 cm³/mol. The maximum Gasteiger partial charge on any atom is 0.315 e. The molecule has 5 heteroatoms. The quantitative estimate of drug-likeness (QED) is 0.822. The third kappa shape index (κ3) is 4.98. The highest BCUT2D eigenvalue weighted by Gasteiger charge is 2.22. The monoisotopic (exact) mass is 325 g/mol. The number of aryl methyl sites for hydroxylation is 1. The third-order valence-electron chi connectivity index (χ3n) is 3.99. The van der Waals surface area contributed by atoms with E-state index < -0.39 is 0 Å². The molecular weight excluding hydrogens is 302 g/mol. The molecular formula is C19H23N3O2. The number of nitrogens with one attached hydrogen (secondary N) is 2. The normalized spacial score (nSPS) is 13.4. The zero-order chi connectivity index (χ0) is 16.8. The molecule has 0 unspecified atom stereocenters. The van der Waals surface area contributed by atoms with Crippen molar-refractivity contribution < 1.29 is 9.53 Å². The van der Waals surface area contributed by atoms with Gasteiger partial charge in [-0.3, -0.25) is 4.98 Å². The molecule has 0 radical (unpaired) electrons. The Morgan fingerprint density at radius 2 is 2.04 bits per heavy atom. The molecule has 1 aliphatic rings. The van der Waals surface area contributed by atoms with E-state index in [9.17, 15) is 4.79 Å². The molecule has 0 spiro atoms. The van der Waals surface area contributed by atoms with E-state index >= 15 is 0 Å². The molecule has 0 aliphatic heterocycles. The average molecular weight is 325 g/mol. The Morgan fingerprint density at radius 3 is 2.79 bits per heavy atom. The summed E-state index contributed by atoms with van der Waals surface area (Å²) in [6.07, 6.45) is 4.23. The summed E-state index contributed by atoms with van der Waals surface area (Å²) < 4.78 is 5.92. The highest BCUT2D eigenvalue weighted by molar-refractivity contribution is 5.73. The summed E-state index contributed by atoms with van der Waals surface area (Å²) in [7, 11) is 0. The lowest BCUT2D eigenvalue weighted by molar-refractivity contribution is 0.239. The first-order valence-corrected chi connectivity index (χ1v) is 8.34. The lowest BCUT2D eigenvalue weighted by Crippen LogP contribution is -2.34. The van der Waals surface area contributed by atoms with Gasteiger partial charge in [0.1, 0.15) is 5.75 Å². The number of benzene rings is 1. The minimum atomic E-state index is -0.214. The number of pyridine rings is 1. The standard InChI is InChI=1S/C19H23N3O2/c1-14-5-8-16(18(10-14)24-13-15-6-7-15)11-21-19(23)22-12-17-4-2-3-9-20-17/h2-5,8-10,15H,6-7,11-13H2,1H3,(H2,21,22,23). The third-order valence-corrected chi connectivity index (χ3v) is 3.99. The molecule has 0 saturated heterocycles. The maximum atomic E-state index is 12.0. The van der Waals surface area contributed by atoms with Gasteiger partial charge < -0.3 is 15.4 Å². The summed E-state index contributed by atoms with van der Waals surface area (Å²) >= 11 is 0. The number of carbonyl (C=O) groups is 1.